The number of hydrogen-bond acceptors (Lipinski definition) is 6. The maximum atomic E-state index is 12.2. The number of aromatic nitrogens is 2. The van der Waals surface area contributed by atoms with Crippen molar-refractivity contribution in [2.45, 2.75) is 17.7 Å². The molecule has 0 unspecified atom stereocenters. The fourth-order valence-electron chi connectivity index (χ4n) is 1.94. The zero-order chi connectivity index (χ0) is 13.2. The van der Waals surface area contributed by atoms with Crippen LogP contribution in [0.5, 0.6) is 0 Å². The highest BCUT2D eigenvalue weighted by Crippen LogP contribution is 2.22. The topological polar surface area (TPSA) is 109 Å². The van der Waals surface area contributed by atoms with Crippen LogP contribution in [0.4, 0.5) is 5.95 Å². The molecule has 0 aliphatic carbocycles. The highest BCUT2D eigenvalue weighted by atomic mass is 32.2. The first-order valence-electron chi connectivity index (χ1n) is 5.72. The van der Waals surface area contributed by atoms with Crippen molar-refractivity contribution in [1.82, 2.24) is 14.3 Å². The second kappa shape index (κ2) is 5.17. The van der Waals surface area contributed by atoms with E-state index in [-0.39, 0.29) is 23.4 Å². The quantitative estimate of drug-likeness (QED) is 0.764. The molecule has 0 saturated carbocycles. The SMILES string of the molecule is Nc1ncc(S(=O)(=O)N2CCC(CO)CC2)cn1. The van der Waals surface area contributed by atoms with Crippen LogP contribution in [0.2, 0.25) is 0 Å². The number of aliphatic hydroxyl groups is 1. The smallest absolute Gasteiger partial charge is 0.246 e. The van der Waals surface area contributed by atoms with Gasteiger partial charge in [0.1, 0.15) is 4.90 Å². The molecule has 1 aromatic rings. The Morgan fingerprint density at radius 3 is 2.39 bits per heavy atom. The zero-order valence-corrected chi connectivity index (χ0v) is 10.7. The number of hydrogen-bond donors (Lipinski definition) is 2. The number of nitrogens with two attached hydrogens (primary N) is 1. The van der Waals surface area contributed by atoms with Gasteiger partial charge in [0, 0.05) is 19.7 Å². The Labute approximate surface area is 106 Å². The van der Waals surface area contributed by atoms with E-state index in [4.69, 9.17) is 10.8 Å². The average molecular weight is 272 g/mol. The number of nitrogens with zero attached hydrogens (tertiary/aromatic N) is 3. The van der Waals surface area contributed by atoms with Gasteiger partial charge in [0.25, 0.3) is 0 Å². The van der Waals surface area contributed by atoms with Crippen LogP contribution < -0.4 is 5.73 Å². The maximum absolute atomic E-state index is 12.2. The Bertz CT molecular complexity index is 494. The Kier molecular flexibility index (Phi) is 3.79. The van der Waals surface area contributed by atoms with Crippen molar-refractivity contribution >= 4 is 16.0 Å². The van der Waals surface area contributed by atoms with E-state index in [1.807, 2.05) is 0 Å². The van der Waals surface area contributed by atoms with Crippen LogP contribution in [0, 0.1) is 5.92 Å². The third-order valence-corrected chi connectivity index (χ3v) is 4.97. The molecule has 1 fully saturated rings. The van der Waals surface area contributed by atoms with Gasteiger partial charge in [-0.15, -0.1) is 0 Å². The molecule has 1 aromatic heterocycles. The van der Waals surface area contributed by atoms with E-state index in [0.29, 0.717) is 25.9 Å². The third-order valence-electron chi connectivity index (χ3n) is 3.12. The van der Waals surface area contributed by atoms with Gasteiger partial charge in [0.05, 0.1) is 12.4 Å². The van der Waals surface area contributed by atoms with Crippen LogP contribution in [0.15, 0.2) is 17.3 Å². The number of piperidine rings is 1. The Hall–Kier alpha value is -1.25. The summed E-state index contributed by atoms with van der Waals surface area (Å²) in [7, 11) is -3.54. The summed E-state index contributed by atoms with van der Waals surface area (Å²) in [5.41, 5.74) is 5.33. The van der Waals surface area contributed by atoms with Crippen LogP contribution in [-0.2, 0) is 10.0 Å². The number of nitrogen functional groups attached to an aromatic ring is 1. The van der Waals surface area contributed by atoms with E-state index in [2.05, 4.69) is 9.97 Å². The largest absolute Gasteiger partial charge is 0.396 e. The molecular weight excluding hydrogens is 256 g/mol. The van der Waals surface area contributed by atoms with Gasteiger partial charge >= 0.3 is 0 Å². The first kappa shape index (κ1) is 13.2. The summed E-state index contributed by atoms with van der Waals surface area (Å²) in [6, 6.07) is 0. The molecule has 1 aliphatic rings. The van der Waals surface area contributed by atoms with Crippen molar-refractivity contribution < 1.29 is 13.5 Å². The van der Waals surface area contributed by atoms with E-state index in [1.165, 1.54) is 16.7 Å². The minimum atomic E-state index is -3.54. The van der Waals surface area contributed by atoms with Crippen molar-refractivity contribution in [3.63, 3.8) is 0 Å². The van der Waals surface area contributed by atoms with Crippen LogP contribution in [0.1, 0.15) is 12.8 Å². The summed E-state index contributed by atoms with van der Waals surface area (Å²) in [4.78, 5) is 7.44. The molecule has 0 bridgehead atoms. The van der Waals surface area contributed by atoms with Gasteiger partial charge in [0.2, 0.25) is 16.0 Å². The van der Waals surface area contributed by atoms with Crippen LogP contribution in [0.25, 0.3) is 0 Å². The molecule has 7 nitrogen and oxygen atoms in total. The number of sulfonamides is 1. The predicted molar refractivity (Wildman–Crippen MR) is 65.0 cm³/mol. The van der Waals surface area contributed by atoms with E-state index < -0.39 is 10.0 Å². The molecular formula is C10H16N4O3S. The molecule has 0 radical (unpaired) electrons. The zero-order valence-electron chi connectivity index (χ0n) is 9.86. The van der Waals surface area contributed by atoms with Gasteiger partial charge < -0.3 is 10.8 Å². The minimum Gasteiger partial charge on any atom is -0.396 e. The van der Waals surface area contributed by atoms with Crippen molar-refractivity contribution in [2.75, 3.05) is 25.4 Å². The second-order valence-electron chi connectivity index (χ2n) is 4.31. The van der Waals surface area contributed by atoms with Gasteiger partial charge in [0.15, 0.2) is 0 Å². The Morgan fingerprint density at radius 1 is 1.33 bits per heavy atom. The van der Waals surface area contributed by atoms with Crippen LogP contribution >= 0.6 is 0 Å². The molecule has 18 heavy (non-hydrogen) atoms. The lowest BCUT2D eigenvalue weighted by atomic mass is 10.00. The number of rotatable bonds is 3. The van der Waals surface area contributed by atoms with Crippen LogP contribution in [0.3, 0.4) is 0 Å². The van der Waals surface area contributed by atoms with Gasteiger partial charge in [-0.2, -0.15) is 4.31 Å². The Morgan fingerprint density at radius 2 is 1.89 bits per heavy atom. The Balaban J connectivity index is 2.15. The fraction of sp³-hybridized carbons (Fsp3) is 0.600. The molecule has 0 atom stereocenters. The van der Waals surface area contributed by atoms with Crippen molar-refractivity contribution in [3.8, 4) is 0 Å². The number of anilines is 1. The lowest BCUT2D eigenvalue weighted by Crippen LogP contribution is -2.39. The lowest BCUT2D eigenvalue weighted by molar-refractivity contribution is 0.170. The molecule has 0 amide bonds. The highest BCUT2D eigenvalue weighted by Gasteiger charge is 2.29. The predicted octanol–water partition coefficient (Wildman–Crippen LogP) is -0.548. The van der Waals surface area contributed by atoms with E-state index in [0.717, 1.165) is 0 Å². The van der Waals surface area contributed by atoms with E-state index >= 15 is 0 Å². The van der Waals surface area contributed by atoms with Gasteiger partial charge in [-0.05, 0) is 18.8 Å². The van der Waals surface area contributed by atoms with Gasteiger partial charge in [-0.25, -0.2) is 18.4 Å². The monoisotopic (exact) mass is 272 g/mol. The summed E-state index contributed by atoms with van der Waals surface area (Å²) in [6.45, 7) is 0.939. The summed E-state index contributed by atoms with van der Waals surface area (Å²) in [5.74, 6) is 0.243. The molecule has 0 spiro atoms. The lowest BCUT2D eigenvalue weighted by Gasteiger charge is -2.30. The molecule has 100 valence electrons. The maximum Gasteiger partial charge on any atom is 0.246 e. The standard InChI is InChI=1S/C10H16N4O3S/c11-10-12-5-9(6-13-10)18(16,17)14-3-1-8(7-15)2-4-14/h5-6,8,15H,1-4,7H2,(H2,11,12,13). The van der Waals surface area contributed by atoms with Crippen LogP contribution in [-0.4, -0.2) is 47.5 Å². The molecule has 3 N–H and O–H groups in total. The first-order valence-corrected chi connectivity index (χ1v) is 7.16. The summed E-state index contributed by atoms with van der Waals surface area (Å²) in [5, 5.41) is 9.03. The van der Waals surface area contributed by atoms with E-state index in [1.54, 1.807) is 0 Å². The third kappa shape index (κ3) is 2.60. The molecule has 2 heterocycles. The molecule has 8 heteroatoms. The van der Waals surface area contributed by atoms with E-state index in [9.17, 15) is 8.42 Å². The van der Waals surface area contributed by atoms with Crippen molar-refractivity contribution in [2.24, 2.45) is 5.92 Å². The fourth-order valence-corrected chi connectivity index (χ4v) is 3.30. The highest BCUT2D eigenvalue weighted by molar-refractivity contribution is 7.89. The summed E-state index contributed by atoms with van der Waals surface area (Å²) < 4.78 is 25.9. The second-order valence-corrected chi connectivity index (χ2v) is 6.24. The molecule has 1 aliphatic heterocycles. The minimum absolute atomic E-state index is 0.0490. The normalized spacial score (nSPS) is 18.9. The summed E-state index contributed by atoms with van der Waals surface area (Å²) >= 11 is 0. The molecule has 0 aromatic carbocycles. The average Bonchev–Trinajstić information content (AvgIpc) is 2.39. The van der Waals surface area contributed by atoms with Gasteiger partial charge in [-0.1, -0.05) is 0 Å². The summed E-state index contributed by atoms with van der Waals surface area (Å²) in [6.07, 6.45) is 3.78. The first-order chi connectivity index (χ1) is 8.54. The van der Waals surface area contributed by atoms with Crippen molar-refractivity contribution in [3.05, 3.63) is 12.4 Å². The molecule has 2 rings (SSSR count). The van der Waals surface area contributed by atoms with Crippen molar-refractivity contribution in [1.29, 1.82) is 0 Å². The van der Waals surface area contributed by atoms with Gasteiger partial charge in [-0.3, -0.25) is 0 Å². The molecule has 1 saturated heterocycles. The number of aliphatic hydroxyl groups excluding tert-OH is 1.